The van der Waals surface area contributed by atoms with Gasteiger partial charge in [-0.2, -0.15) is 0 Å². The summed E-state index contributed by atoms with van der Waals surface area (Å²) in [7, 11) is 0. The third kappa shape index (κ3) is 3.01. The number of hydrogen-bond donors (Lipinski definition) is 1. The van der Waals surface area contributed by atoms with E-state index in [0.29, 0.717) is 4.77 Å². The first-order valence-electron chi connectivity index (χ1n) is 5.86. The highest BCUT2D eigenvalue weighted by atomic mass is 32.1. The molecule has 88 valence electrons. The number of aromatic amines is 1. The Labute approximate surface area is 107 Å². The van der Waals surface area contributed by atoms with Crippen molar-refractivity contribution in [3.05, 3.63) is 46.4 Å². The van der Waals surface area contributed by atoms with Gasteiger partial charge in [0.05, 0.1) is 5.69 Å². The van der Waals surface area contributed by atoms with Crippen molar-refractivity contribution in [1.82, 2.24) is 9.97 Å². The summed E-state index contributed by atoms with van der Waals surface area (Å²) < 4.78 is 0.539. The van der Waals surface area contributed by atoms with E-state index < -0.39 is 0 Å². The van der Waals surface area contributed by atoms with Gasteiger partial charge >= 0.3 is 0 Å². The molecule has 1 aromatic carbocycles. The molecule has 0 bridgehead atoms. The smallest absolute Gasteiger partial charge is 0.197 e. The minimum atomic E-state index is 0.539. The van der Waals surface area contributed by atoms with Gasteiger partial charge in [-0.1, -0.05) is 37.6 Å². The van der Waals surface area contributed by atoms with Crippen LogP contribution in [0.2, 0.25) is 0 Å². The van der Waals surface area contributed by atoms with Gasteiger partial charge in [-0.15, -0.1) is 0 Å². The van der Waals surface area contributed by atoms with Crippen molar-refractivity contribution in [2.45, 2.75) is 26.7 Å². The van der Waals surface area contributed by atoms with Gasteiger partial charge in [0.25, 0.3) is 0 Å². The van der Waals surface area contributed by atoms with Crippen molar-refractivity contribution in [3.63, 3.8) is 0 Å². The highest BCUT2D eigenvalue weighted by molar-refractivity contribution is 7.71. The Balaban J connectivity index is 2.36. The normalized spacial score (nSPS) is 10.5. The van der Waals surface area contributed by atoms with Crippen LogP contribution < -0.4 is 0 Å². The van der Waals surface area contributed by atoms with Crippen LogP contribution in [0.1, 0.15) is 24.6 Å². The lowest BCUT2D eigenvalue weighted by Gasteiger charge is -2.04. The largest absolute Gasteiger partial charge is 0.335 e. The first-order valence-corrected chi connectivity index (χ1v) is 6.27. The average Bonchev–Trinajstić information content (AvgIpc) is 2.29. The van der Waals surface area contributed by atoms with Crippen LogP contribution in [0.4, 0.5) is 0 Å². The molecule has 0 fully saturated rings. The van der Waals surface area contributed by atoms with Crippen LogP contribution in [0.5, 0.6) is 0 Å². The van der Waals surface area contributed by atoms with Crippen LogP contribution in [-0.2, 0) is 6.42 Å². The summed E-state index contributed by atoms with van der Waals surface area (Å²) in [6.45, 7) is 4.18. The first-order chi connectivity index (χ1) is 8.19. The summed E-state index contributed by atoms with van der Waals surface area (Å²) >= 11 is 5.09. The van der Waals surface area contributed by atoms with E-state index in [1.165, 1.54) is 12.0 Å². The number of nitrogens with one attached hydrogen (secondary N) is 1. The maximum atomic E-state index is 5.09. The molecule has 3 heteroatoms. The van der Waals surface area contributed by atoms with Gasteiger partial charge in [0.1, 0.15) is 0 Å². The zero-order valence-corrected chi connectivity index (χ0v) is 11.0. The maximum absolute atomic E-state index is 5.09. The summed E-state index contributed by atoms with van der Waals surface area (Å²) in [5.41, 5.74) is 4.47. The van der Waals surface area contributed by atoms with Crippen molar-refractivity contribution < 1.29 is 0 Å². The van der Waals surface area contributed by atoms with Crippen LogP contribution in [0.25, 0.3) is 11.3 Å². The molecule has 0 amide bonds. The highest BCUT2D eigenvalue weighted by Crippen LogP contribution is 2.18. The number of nitrogens with zero attached hydrogens (tertiary/aromatic N) is 1. The lowest BCUT2D eigenvalue weighted by molar-refractivity contribution is 0.922. The van der Waals surface area contributed by atoms with E-state index in [9.17, 15) is 0 Å². The predicted octanol–water partition coefficient (Wildman–Crippen LogP) is 4.07. The second-order valence-corrected chi connectivity index (χ2v) is 4.59. The Kier molecular flexibility index (Phi) is 3.69. The second kappa shape index (κ2) is 5.23. The van der Waals surface area contributed by atoms with E-state index in [2.05, 4.69) is 41.2 Å². The summed E-state index contributed by atoms with van der Waals surface area (Å²) in [6, 6.07) is 10.6. The SMILES string of the molecule is CCCc1ccc(-c2cc(C)[nH]c(=S)n2)cc1. The van der Waals surface area contributed by atoms with Gasteiger partial charge < -0.3 is 4.98 Å². The second-order valence-electron chi connectivity index (χ2n) is 4.20. The molecule has 1 aromatic heterocycles. The lowest BCUT2D eigenvalue weighted by Crippen LogP contribution is -1.91. The molecule has 0 aliphatic rings. The number of aryl methyl sites for hydroxylation is 2. The molecule has 0 atom stereocenters. The summed E-state index contributed by atoms with van der Waals surface area (Å²) in [5, 5.41) is 0. The molecule has 2 nitrogen and oxygen atoms in total. The topological polar surface area (TPSA) is 28.7 Å². The lowest BCUT2D eigenvalue weighted by atomic mass is 10.1. The number of benzene rings is 1. The van der Waals surface area contributed by atoms with Crippen LogP contribution in [0.3, 0.4) is 0 Å². The van der Waals surface area contributed by atoms with Gasteiger partial charge in [0.15, 0.2) is 4.77 Å². The number of hydrogen-bond acceptors (Lipinski definition) is 2. The molecule has 1 N–H and O–H groups in total. The number of H-pyrrole nitrogens is 1. The molecule has 0 spiro atoms. The molecule has 2 aromatic rings. The van der Waals surface area contributed by atoms with Crippen molar-refractivity contribution in [2.24, 2.45) is 0 Å². The predicted molar refractivity (Wildman–Crippen MR) is 73.6 cm³/mol. The molecule has 17 heavy (non-hydrogen) atoms. The highest BCUT2D eigenvalue weighted by Gasteiger charge is 2.00. The van der Waals surface area contributed by atoms with E-state index in [1.54, 1.807) is 0 Å². The molecule has 0 radical (unpaired) electrons. The van der Waals surface area contributed by atoms with E-state index in [1.807, 2.05) is 13.0 Å². The minimum absolute atomic E-state index is 0.539. The van der Waals surface area contributed by atoms with Gasteiger partial charge in [-0.3, -0.25) is 0 Å². The quantitative estimate of drug-likeness (QED) is 0.825. The third-order valence-corrected chi connectivity index (χ3v) is 2.86. The summed E-state index contributed by atoms with van der Waals surface area (Å²) in [4.78, 5) is 7.35. The van der Waals surface area contributed by atoms with Crippen molar-refractivity contribution >= 4 is 12.2 Å². The summed E-state index contributed by atoms with van der Waals surface area (Å²) in [6.07, 6.45) is 2.30. The molecular weight excluding hydrogens is 228 g/mol. The van der Waals surface area contributed by atoms with E-state index in [-0.39, 0.29) is 0 Å². The Bertz CT molecular complexity index is 555. The fourth-order valence-corrected chi connectivity index (χ4v) is 2.12. The van der Waals surface area contributed by atoms with E-state index in [4.69, 9.17) is 12.2 Å². The Morgan fingerprint density at radius 3 is 2.53 bits per heavy atom. The molecule has 1 heterocycles. The standard InChI is InChI=1S/C14H16N2S/c1-3-4-11-5-7-12(8-6-11)13-9-10(2)15-14(17)16-13/h5-9H,3-4H2,1-2H3,(H,15,16,17). The average molecular weight is 244 g/mol. The molecule has 0 aliphatic carbocycles. The number of rotatable bonds is 3. The zero-order valence-electron chi connectivity index (χ0n) is 10.2. The molecule has 0 unspecified atom stereocenters. The van der Waals surface area contributed by atoms with Gasteiger partial charge in [0, 0.05) is 11.3 Å². The molecule has 0 saturated carbocycles. The van der Waals surface area contributed by atoms with Crippen LogP contribution in [0.15, 0.2) is 30.3 Å². The van der Waals surface area contributed by atoms with Gasteiger partial charge in [0.2, 0.25) is 0 Å². The first kappa shape index (κ1) is 12.0. The Morgan fingerprint density at radius 2 is 1.94 bits per heavy atom. The third-order valence-electron chi connectivity index (χ3n) is 2.67. The van der Waals surface area contributed by atoms with Crippen molar-refractivity contribution in [1.29, 1.82) is 0 Å². The molecular formula is C14H16N2S. The zero-order chi connectivity index (χ0) is 12.3. The number of aromatic nitrogens is 2. The molecule has 2 rings (SSSR count). The van der Waals surface area contributed by atoms with Crippen LogP contribution >= 0.6 is 12.2 Å². The molecule has 0 aliphatic heterocycles. The Morgan fingerprint density at radius 1 is 1.24 bits per heavy atom. The van der Waals surface area contributed by atoms with Crippen molar-refractivity contribution in [3.8, 4) is 11.3 Å². The minimum Gasteiger partial charge on any atom is -0.335 e. The molecule has 0 saturated heterocycles. The fourth-order valence-electron chi connectivity index (χ4n) is 1.86. The van der Waals surface area contributed by atoms with E-state index >= 15 is 0 Å². The Hall–Kier alpha value is -1.48. The van der Waals surface area contributed by atoms with Gasteiger partial charge in [-0.05, 0) is 37.2 Å². The monoisotopic (exact) mass is 244 g/mol. The van der Waals surface area contributed by atoms with Crippen LogP contribution in [-0.4, -0.2) is 9.97 Å². The summed E-state index contributed by atoms with van der Waals surface area (Å²) in [5.74, 6) is 0. The van der Waals surface area contributed by atoms with E-state index in [0.717, 1.165) is 23.4 Å². The fraction of sp³-hybridized carbons (Fsp3) is 0.286. The van der Waals surface area contributed by atoms with Gasteiger partial charge in [-0.25, -0.2) is 4.98 Å². The van der Waals surface area contributed by atoms with Crippen LogP contribution in [0, 0.1) is 11.7 Å². The van der Waals surface area contributed by atoms with Crippen molar-refractivity contribution in [2.75, 3.05) is 0 Å². The maximum Gasteiger partial charge on any atom is 0.197 e.